The van der Waals surface area contributed by atoms with Crippen molar-refractivity contribution in [1.29, 1.82) is 0 Å². The third-order valence-electron chi connectivity index (χ3n) is 5.77. The maximum absolute atomic E-state index is 14.1. The fourth-order valence-corrected chi connectivity index (χ4v) is 5.45. The molecule has 0 spiro atoms. The van der Waals surface area contributed by atoms with Crippen LogP contribution < -0.4 is 14.0 Å². The maximum Gasteiger partial charge on any atom is 0.461 e. The molecule has 0 amide bonds. The van der Waals surface area contributed by atoms with Gasteiger partial charge in [0.15, 0.2) is 0 Å². The number of hydrogen-bond acceptors (Lipinski definition) is 7. The molecule has 0 saturated heterocycles. The van der Waals surface area contributed by atoms with E-state index < -0.39 is 13.7 Å². The lowest BCUT2D eigenvalue weighted by atomic mass is 10.0. The molecular formula is C28H33ClNO7P. The fraction of sp³-hybridized carbons (Fsp3) is 0.321. The normalized spacial score (nSPS) is 12.7. The molecule has 0 radical (unpaired) electrons. The van der Waals surface area contributed by atoms with Gasteiger partial charge >= 0.3 is 13.7 Å². The van der Waals surface area contributed by atoms with Gasteiger partial charge in [0.05, 0.1) is 26.4 Å². The number of halogens is 1. The smallest absolute Gasteiger partial charge is 0.461 e. The molecule has 3 rings (SSSR count). The van der Waals surface area contributed by atoms with Gasteiger partial charge in [-0.1, -0.05) is 36.9 Å². The fourth-order valence-electron chi connectivity index (χ4n) is 3.79. The zero-order chi connectivity index (χ0) is 27.5. The van der Waals surface area contributed by atoms with E-state index in [9.17, 15) is 9.36 Å². The van der Waals surface area contributed by atoms with Gasteiger partial charge in [0, 0.05) is 28.8 Å². The standard InChI is InChI=1S/C28H33ClNO7P/c1-5-18-35-28(31)21-12-14-23(15-13-21)37-38(32,30(2)17-9-8-16-29)36-20-22-19-26(33-3)24-10-6-7-11-25(24)27(22)34-4/h5-7,10-15,19H,1,8-9,16-18,20H2,2-4H3. The van der Waals surface area contributed by atoms with Gasteiger partial charge in [0.25, 0.3) is 0 Å². The first-order valence-corrected chi connectivity index (χ1v) is 14.1. The third kappa shape index (κ3) is 7.29. The van der Waals surface area contributed by atoms with Crippen LogP contribution in [0.15, 0.2) is 67.3 Å². The summed E-state index contributed by atoms with van der Waals surface area (Å²) in [6.45, 7) is 4.01. The van der Waals surface area contributed by atoms with Gasteiger partial charge in [-0.3, -0.25) is 4.52 Å². The Morgan fingerprint density at radius 2 is 1.76 bits per heavy atom. The molecule has 0 fully saturated rings. The molecule has 8 nitrogen and oxygen atoms in total. The highest BCUT2D eigenvalue weighted by atomic mass is 35.5. The number of methoxy groups -OCH3 is 2. The van der Waals surface area contributed by atoms with Crippen LogP contribution in [0.5, 0.6) is 17.2 Å². The summed E-state index contributed by atoms with van der Waals surface area (Å²) >= 11 is 5.83. The summed E-state index contributed by atoms with van der Waals surface area (Å²) in [5.74, 6) is 1.52. The van der Waals surface area contributed by atoms with Gasteiger partial charge in [0.1, 0.15) is 23.9 Å². The number of alkyl halides is 1. The molecule has 0 N–H and O–H groups in total. The Hall–Kier alpha value is -3.03. The number of carbonyl (C=O) groups excluding carboxylic acids is 1. The Morgan fingerprint density at radius 1 is 1.05 bits per heavy atom. The summed E-state index contributed by atoms with van der Waals surface area (Å²) in [7, 11) is 0.999. The minimum atomic E-state index is -3.84. The molecule has 0 saturated carbocycles. The molecule has 1 atom stereocenters. The number of carbonyl (C=O) groups is 1. The minimum Gasteiger partial charge on any atom is -0.496 e. The highest BCUT2D eigenvalue weighted by Gasteiger charge is 2.33. The molecule has 0 aliphatic heterocycles. The summed E-state index contributed by atoms with van der Waals surface area (Å²) in [4.78, 5) is 12.1. The lowest BCUT2D eigenvalue weighted by Crippen LogP contribution is -2.21. The maximum atomic E-state index is 14.1. The quantitative estimate of drug-likeness (QED) is 0.0654. The number of ether oxygens (including phenoxy) is 3. The minimum absolute atomic E-state index is 0.0620. The van der Waals surface area contributed by atoms with E-state index in [4.69, 9.17) is 34.9 Å². The number of esters is 1. The highest BCUT2D eigenvalue weighted by Crippen LogP contribution is 2.52. The zero-order valence-electron chi connectivity index (χ0n) is 21.9. The van der Waals surface area contributed by atoms with Crippen LogP contribution in [-0.4, -0.2) is 50.9 Å². The van der Waals surface area contributed by atoms with Crippen molar-refractivity contribution >= 4 is 36.1 Å². The van der Waals surface area contributed by atoms with Gasteiger partial charge in [-0.05, 0) is 50.2 Å². The van der Waals surface area contributed by atoms with E-state index in [2.05, 4.69) is 6.58 Å². The van der Waals surface area contributed by atoms with Gasteiger partial charge in [-0.15, -0.1) is 11.6 Å². The zero-order valence-corrected chi connectivity index (χ0v) is 23.5. The van der Waals surface area contributed by atoms with E-state index in [-0.39, 0.29) is 19.0 Å². The van der Waals surface area contributed by atoms with Crippen LogP contribution in [0.3, 0.4) is 0 Å². The van der Waals surface area contributed by atoms with Crippen LogP contribution >= 0.6 is 19.3 Å². The second-order valence-corrected chi connectivity index (χ2v) is 10.8. The van der Waals surface area contributed by atoms with E-state index >= 15 is 0 Å². The Kier molecular flexibility index (Phi) is 11.0. The predicted molar refractivity (Wildman–Crippen MR) is 150 cm³/mol. The predicted octanol–water partition coefficient (Wildman–Crippen LogP) is 6.85. The summed E-state index contributed by atoms with van der Waals surface area (Å²) in [6.07, 6.45) is 2.95. The van der Waals surface area contributed by atoms with E-state index in [1.165, 1.54) is 18.2 Å². The van der Waals surface area contributed by atoms with E-state index in [1.54, 1.807) is 38.1 Å². The third-order valence-corrected chi connectivity index (χ3v) is 7.97. The van der Waals surface area contributed by atoms with Crippen LogP contribution in [0.25, 0.3) is 10.8 Å². The number of rotatable bonds is 15. The molecular weight excluding hydrogens is 529 g/mol. The van der Waals surface area contributed by atoms with Gasteiger partial charge in [-0.2, -0.15) is 0 Å². The molecule has 3 aromatic carbocycles. The van der Waals surface area contributed by atoms with Crippen molar-refractivity contribution in [3.8, 4) is 17.2 Å². The first-order valence-electron chi connectivity index (χ1n) is 12.1. The summed E-state index contributed by atoms with van der Waals surface area (Å²) in [5, 5.41) is 1.73. The Morgan fingerprint density at radius 3 is 2.39 bits per heavy atom. The molecule has 0 aromatic heterocycles. The molecule has 10 heteroatoms. The Labute approximate surface area is 228 Å². The second kappa shape index (κ2) is 14.2. The van der Waals surface area contributed by atoms with Crippen molar-refractivity contribution in [3.05, 3.63) is 78.4 Å². The number of unbranched alkanes of at least 4 members (excludes halogenated alkanes) is 1. The molecule has 38 heavy (non-hydrogen) atoms. The molecule has 0 heterocycles. The SMILES string of the molecule is C=CCOC(=O)c1ccc(OP(=O)(OCc2cc(OC)c3ccccc3c2OC)N(C)CCCCCl)cc1. The largest absolute Gasteiger partial charge is 0.496 e. The van der Waals surface area contributed by atoms with Crippen molar-refractivity contribution < 1.29 is 32.6 Å². The molecule has 0 aliphatic rings. The van der Waals surface area contributed by atoms with Crippen LogP contribution in [0.2, 0.25) is 0 Å². The Bertz CT molecular complexity index is 1280. The molecule has 3 aromatic rings. The van der Waals surface area contributed by atoms with Crippen molar-refractivity contribution in [1.82, 2.24) is 4.67 Å². The van der Waals surface area contributed by atoms with Crippen molar-refractivity contribution in [3.63, 3.8) is 0 Å². The van der Waals surface area contributed by atoms with Crippen LogP contribution in [0.1, 0.15) is 28.8 Å². The number of fused-ring (bicyclic) bond motifs is 1. The van der Waals surface area contributed by atoms with Gasteiger partial charge in [-0.25, -0.2) is 14.0 Å². The van der Waals surface area contributed by atoms with Crippen molar-refractivity contribution in [2.75, 3.05) is 40.3 Å². The van der Waals surface area contributed by atoms with Crippen LogP contribution in [0.4, 0.5) is 0 Å². The molecule has 0 aliphatic carbocycles. The van der Waals surface area contributed by atoms with E-state index in [0.717, 1.165) is 17.2 Å². The van der Waals surface area contributed by atoms with Crippen LogP contribution in [-0.2, 0) is 20.4 Å². The van der Waals surface area contributed by atoms with Crippen LogP contribution in [0, 0.1) is 0 Å². The summed E-state index contributed by atoms with van der Waals surface area (Å²) < 4.78 is 43.9. The van der Waals surface area contributed by atoms with Crippen molar-refractivity contribution in [2.45, 2.75) is 19.4 Å². The van der Waals surface area contributed by atoms with Crippen molar-refractivity contribution in [2.24, 2.45) is 0 Å². The average molecular weight is 562 g/mol. The second-order valence-electron chi connectivity index (χ2n) is 8.34. The highest BCUT2D eigenvalue weighted by molar-refractivity contribution is 7.51. The van der Waals surface area contributed by atoms with Gasteiger partial charge < -0.3 is 18.7 Å². The van der Waals surface area contributed by atoms with Gasteiger partial charge in [0.2, 0.25) is 0 Å². The summed E-state index contributed by atoms with van der Waals surface area (Å²) in [6, 6.07) is 15.7. The topological polar surface area (TPSA) is 83.5 Å². The Balaban J connectivity index is 1.88. The molecule has 0 bridgehead atoms. The van der Waals surface area contributed by atoms with E-state index in [1.807, 2.05) is 30.3 Å². The summed E-state index contributed by atoms with van der Waals surface area (Å²) in [5.41, 5.74) is 0.986. The first kappa shape index (κ1) is 29.5. The number of benzene rings is 3. The molecule has 1 unspecified atom stereocenters. The lowest BCUT2D eigenvalue weighted by Gasteiger charge is -2.27. The number of nitrogens with zero attached hydrogens (tertiary/aromatic N) is 1. The van der Waals surface area contributed by atoms with E-state index in [0.29, 0.717) is 41.5 Å². The lowest BCUT2D eigenvalue weighted by molar-refractivity contribution is 0.0549. The first-order chi connectivity index (χ1) is 18.4. The molecule has 204 valence electrons. The monoisotopic (exact) mass is 561 g/mol. The number of hydrogen-bond donors (Lipinski definition) is 0. The average Bonchev–Trinajstić information content (AvgIpc) is 2.94.